The van der Waals surface area contributed by atoms with Gasteiger partial charge in [-0.25, -0.2) is 4.98 Å². The van der Waals surface area contributed by atoms with Crippen LogP contribution in [0.2, 0.25) is 0 Å². The molecule has 1 amide bonds. The van der Waals surface area contributed by atoms with Crippen molar-refractivity contribution >= 4 is 22.6 Å². The Kier molecular flexibility index (Phi) is 5.30. The minimum Gasteiger partial charge on any atom is -0.454 e. The molecule has 8 heteroatoms. The second-order valence-corrected chi connectivity index (χ2v) is 7.93. The highest BCUT2D eigenvalue weighted by molar-refractivity contribution is 5.91. The van der Waals surface area contributed by atoms with E-state index in [4.69, 9.17) is 4.42 Å². The lowest BCUT2D eigenvalue weighted by Crippen LogP contribution is -2.28. The number of nitrogens with zero attached hydrogens (tertiary/aromatic N) is 4. The lowest BCUT2D eigenvalue weighted by atomic mass is 10.3. The van der Waals surface area contributed by atoms with Crippen LogP contribution in [-0.4, -0.2) is 50.9 Å². The Hall–Kier alpha value is -3.39. The Bertz CT molecular complexity index is 1280. The van der Waals surface area contributed by atoms with Crippen molar-refractivity contribution in [1.82, 2.24) is 24.2 Å². The van der Waals surface area contributed by atoms with E-state index in [1.807, 2.05) is 28.8 Å². The zero-order valence-corrected chi connectivity index (χ0v) is 17.3. The maximum Gasteiger partial charge on any atom is 0.286 e. The number of nitrogens with one attached hydrogen (secondary N) is 1. The second kappa shape index (κ2) is 8.39. The van der Waals surface area contributed by atoms with E-state index in [-0.39, 0.29) is 23.8 Å². The summed E-state index contributed by atoms with van der Waals surface area (Å²) in [5.41, 5.74) is 1.83. The van der Waals surface area contributed by atoms with Crippen molar-refractivity contribution in [3.8, 4) is 0 Å². The van der Waals surface area contributed by atoms with E-state index in [9.17, 15) is 9.59 Å². The zero-order chi connectivity index (χ0) is 21.2. The van der Waals surface area contributed by atoms with Gasteiger partial charge >= 0.3 is 0 Å². The summed E-state index contributed by atoms with van der Waals surface area (Å²) in [5, 5.41) is 2.92. The van der Waals surface area contributed by atoms with Crippen LogP contribution in [0, 0.1) is 0 Å². The molecule has 0 bridgehead atoms. The second-order valence-electron chi connectivity index (χ2n) is 7.93. The number of fused-ring (bicyclic) bond motifs is 3. The topological polar surface area (TPSA) is 84.8 Å². The van der Waals surface area contributed by atoms with Crippen LogP contribution >= 0.6 is 0 Å². The number of carbonyl (C=O) groups excluding carboxylic acids is 1. The van der Waals surface area contributed by atoms with Gasteiger partial charge in [0.05, 0.1) is 12.1 Å². The summed E-state index contributed by atoms with van der Waals surface area (Å²) in [7, 11) is 0. The monoisotopic (exact) mass is 419 g/mol. The predicted molar refractivity (Wildman–Crippen MR) is 117 cm³/mol. The quantitative estimate of drug-likeness (QED) is 0.465. The highest BCUT2D eigenvalue weighted by atomic mass is 16.4. The van der Waals surface area contributed by atoms with Crippen molar-refractivity contribution in [2.75, 3.05) is 26.2 Å². The SMILES string of the molecule is O=C(NCCCN1CCCC1)c1ccc(Cn2c(=O)c3cccn3c3cccnc32)o1. The lowest BCUT2D eigenvalue weighted by molar-refractivity contribution is 0.0922. The minimum atomic E-state index is -0.231. The third-order valence-electron chi connectivity index (χ3n) is 5.83. The average Bonchev–Trinajstić information content (AvgIpc) is 3.55. The van der Waals surface area contributed by atoms with Crippen molar-refractivity contribution in [2.24, 2.45) is 0 Å². The number of rotatable bonds is 7. The molecule has 0 saturated carbocycles. The Morgan fingerprint density at radius 1 is 1.10 bits per heavy atom. The number of likely N-dealkylation sites (tertiary alicyclic amines) is 1. The molecule has 0 aliphatic carbocycles. The summed E-state index contributed by atoms with van der Waals surface area (Å²) in [5.74, 6) is 0.558. The van der Waals surface area contributed by atoms with Gasteiger partial charge in [0.1, 0.15) is 11.3 Å². The largest absolute Gasteiger partial charge is 0.454 e. The molecule has 1 aliphatic rings. The van der Waals surface area contributed by atoms with Crippen molar-refractivity contribution in [3.63, 3.8) is 0 Å². The molecule has 1 saturated heterocycles. The molecular formula is C23H25N5O3. The van der Waals surface area contributed by atoms with Gasteiger partial charge in [-0.05, 0) is 75.3 Å². The molecule has 4 aromatic heterocycles. The number of carbonyl (C=O) groups is 1. The Morgan fingerprint density at radius 3 is 2.81 bits per heavy atom. The fourth-order valence-corrected chi connectivity index (χ4v) is 4.27. The summed E-state index contributed by atoms with van der Waals surface area (Å²) >= 11 is 0. The molecule has 0 spiro atoms. The van der Waals surface area contributed by atoms with Crippen LogP contribution in [0.25, 0.3) is 16.7 Å². The van der Waals surface area contributed by atoms with Crippen molar-refractivity contribution < 1.29 is 9.21 Å². The normalized spacial score (nSPS) is 14.6. The smallest absolute Gasteiger partial charge is 0.286 e. The molecule has 5 heterocycles. The molecule has 0 unspecified atom stereocenters. The fraction of sp³-hybridized carbons (Fsp3) is 0.348. The summed E-state index contributed by atoms with van der Waals surface area (Å²) in [6.07, 6.45) is 6.98. The maximum absolute atomic E-state index is 13.0. The van der Waals surface area contributed by atoms with Gasteiger partial charge in [0.2, 0.25) is 0 Å². The third-order valence-corrected chi connectivity index (χ3v) is 5.83. The molecule has 1 fully saturated rings. The fourth-order valence-electron chi connectivity index (χ4n) is 4.27. The summed E-state index contributed by atoms with van der Waals surface area (Å²) in [4.78, 5) is 32.3. The number of amides is 1. The maximum atomic E-state index is 13.0. The number of hydrogen-bond acceptors (Lipinski definition) is 5. The van der Waals surface area contributed by atoms with Crippen LogP contribution in [0.15, 0.2) is 58.0 Å². The molecular weight excluding hydrogens is 394 g/mol. The van der Waals surface area contributed by atoms with Gasteiger partial charge in [0, 0.05) is 18.9 Å². The zero-order valence-electron chi connectivity index (χ0n) is 17.3. The highest BCUT2D eigenvalue weighted by Gasteiger charge is 2.16. The molecule has 5 rings (SSSR count). The summed E-state index contributed by atoms with van der Waals surface area (Å²) in [6.45, 7) is 4.15. The van der Waals surface area contributed by atoms with E-state index >= 15 is 0 Å². The van der Waals surface area contributed by atoms with Crippen LogP contribution in [0.5, 0.6) is 0 Å². The Morgan fingerprint density at radius 2 is 1.94 bits per heavy atom. The van der Waals surface area contributed by atoms with Crippen LogP contribution in [-0.2, 0) is 6.54 Å². The van der Waals surface area contributed by atoms with Crippen LogP contribution in [0.4, 0.5) is 0 Å². The number of furan rings is 1. The molecule has 31 heavy (non-hydrogen) atoms. The van der Waals surface area contributed by atoms with Gasteiger partial charge in [-0.2, -0.15) is 0 Å². The van der Waals surface area contributed by atoms with Gasteiger partial charge in [-0.1, -0.05) is 0 Å². The van der Waals surface area contributed by atoms with E-state index < -0.39 is 0 Å². The number of aromatic nitrogens is 3. The standard InChI is InChI=1S/C23H25N5O3/c29-22(25-11-5-14-26-12-1-2-13-26)20-9-8-17(31-20)16-28-21-18(6-3-10-24-21)27-15-4-7-19(27)23(28)30/h3-4,6-10,15H,1-2,5,11-14,16H2,(H,25,29). The third kappa shape index (κ3) is 3.86. The van der Waals surface area contributed by atoms with Crippen LogP contribution in [0.1, 0.15) is 35.6 Å². The van der Waals surface area contributed by atoms with Crippen molar-refractivity contribution in [3.05, 3.63) is 70.7 Å². The first kappa shape index (κ1) is 19.6. The molecule has 0 aromatic carbocycles. The minimum absolute atomic E-state index is 0.152. The van der Waals surface area contributed by atoms with E-state index in [1.54, 1.807) is 29.0 Å². The van der Waals surface area contributed by atoms with Crippen LogP contribution in [0.3, 0.4) is 0 Å². The lowest BCUT2D eigenvalue weighted by Gasteiger charge is -2.13. The van der Waals surface area contributed by atoms with E-state index in [0.717, 1.165) is 31.6 Å². The average molecular weight is 419 g/mol. The number of pyridine rings is 1. The van der Waals surface area contributed by atoms with Crippen molar-refractivity contribution in [2.45, 2.75) is 25.8 Å². The summed E-state index contributed by atoms with van der Waals surface area (Å²) < 4.78 is 9.18. The van der Waals surface area contributed by atoms with E-state index in [0.29, 0.717) is 23.5 Å². The molecule has 0 radical (unpaired) electrons. The first-order valence-electron chi connectivity index (χ1n) is 10.7. The van der Waals surface area contributed by atoms with Gasteiger partial charge < -0.3 is 19.0 Å². The van der Waals surface area contributed by atoms with Crippen molar-refractivity contribution in [1.29, 1.82) is 0 Å². The summed E-state index contributed by atoms with van der Waals surface area (Å²) in [6, 6.07) is 10.8. The Labute approximate surface area is 179 Å². The molecule has 4 aromatic rings. The number of hydrogen-bond donors (Lipinski definition) is 1. The molecule has 1 aliphatic heterocycles. The van der Waals surface area contributed by atoms with E-state index in [2.05, 4.69) is 15.2 Å². The first-order valence-corrected chi connectivity index (χ1v) is 10.7. The molecule has 8 nitrogen and oxygen atoms in total. The highest BCUT2D eigenvalue weighted by Crippen LogP contribution is 2.16. The first-order chi connectivity index (χ1) is 15.2. The van der Waals surface area contributed by atoms with Gasteiger partial charge in [-0.15, -0.1) is 0 Å². The van der Waals surface area contributed by atoms with Crippen LogP contribution < -0.4 is 10.9 Å². The Balaban J connectivity index is 1.30. The molecule has 1 N–H and O–H groups in total. The van der Waals surface area contributed by atoms with Gasteiger partial charge in [0.15, 0.2) is 11.4 Å². The van der Waals surface area contributed by atoms with E-state index in [1.165, 1.54) is 12.8 Å². The predicted octanol–water partition coefficient (Wildman–Crippen LogP) is 2.51. The molecule has 160 valence electrons. The molecule has 0 atom stereocenters. The van der Waals surface area contributed by atoms with Gasteiger partial charge in [0.25, 0.3) is 11.5 Å². The van der Waals surface area contributed by atoms with Gasteiger partial charge in [-0.3, -0.25) is 14.2 Å².